The van der Waals surface area contributed by atoms with E-state index in [0.29, 0.717) is 51.7 Å². The van der Waals surface area contributed by atoms with E-state index in [4.69, 9.17) is 19.2 Å². The number of aliphatic hydroxyl groups excluding tert-OH is 2. The first kappa shape index (κ1) is 31.4. The number of hydrogen-bond donors (Lipinski definition) is 4. The van der Waals surface area contributed by atoms with Gasteiger partial charge in [0.2, 0.25) is 0 Å². The molecule has 1 saturated heterocycles. The highest BCUT2D eigenvalue weighted by molar-refractivity contribution is 5.85. The van der Waals surface area contributed by atoms with Gasteiger partial charge in [-0.05, 0) is 99.3 Å². The van der Waals surface area contributed by atoms with E-state index in [1.54, 1.807) is 25.4 Å². The number of aliphatic hydroxyl groups is 4. The molecule has 0 radical (unpaired) electrons. The highest BCUT2D eigenvalue weighted by Gasteiger charge is 2.71. The van der Waals surface area contributed by atoms with Crippen LogP contribution in [0.5, 0.6) is 0 Å². The Labute approximate surface area is 264 Å². The van der Waals surface area contributed by atoms with Gasteiger partial charge in [0.1, 0.15) is 12.7 Å². The van der Waals surface area contributed by atoms with Crippen LogP contribution in [0.2, 0.25) is 0 Å². The second-order valence-electron chi connectivity index (χ2n) is 15.0. The number of fused-ring (bicyclic) bond motifs is 5. The zero-order valence-electron chi connectivity index (χ0n) is 26.4. The lowest BCUT2D eigenvalue weighted by atomic mass is 9.41. The lowest BCUT2D eigenvalue weighted by molar-refractivity contribution is -0.282. The minimum absolute atomic E-state index is 0.0100. The molecule has 4 saturated carbocycles. The topological polar surface area (TPSA) is 151 Å². The predicted octanol–water partition coefficient (Wildman–Crippen LogP) is 3.25. The van der Waals surface area contributed by atoms with Gasteiger partial charge in [0.05, 0.1) is 36.1 Å². The third-order valence-corrected chi connectivity index (χ3v) is 13.0. The van der Waals surface area contributed by atoms with Gasteiger partial charge in [0, 0.05) is 48.4 Å². The number of carbonyl (C=O) groups is 1. The molecule has 3 heterocycles. The SMILES string of the molecule is C[C@H]1O[C@@H](O[C@@H]2CC[C@@]3(C=NCc4ccncc4)[C@@H]4CC[C@@]5(C)[C@@H](C6=CC(=O)OC6)CC[C@]5(O)[C@@H]4CC[C@]3(O)C2)C[C@@H](O)[C@@H]1O. The van der Waals surface area contributed by atoms with Crippen LogP contribution in [0, 0.1) is 28.6 Å². The third-order valence-electron chi connectivity index (χ3n) is 13.0. The molecule has 12 atom stereocenters. The van der Waals surface area contributed by atoms with Gasteiger partial charge in [-0.3, -0.25) is 9.98 Å². The van der Waals surface area contributed by atoms with Crippen molar-refractivity contribution in [1.29, 1.82) is 0 Å². The number of nitrogens with zero attached hydrogens (tertiary/aromatic N) is 2. The van der Waals surface area contributed by atoms with Gasteiger partial charge in [-0.25, -0.2) is 4.79 Å². The van der Waals surface area contributed by atoms with Gasteiger partial charge in [-0.2, -0.15) is 0 Å². The van der Waals surface area contributed by atoms with Crippen LogP contribution < -0.4 is 0 Å². The van der Waals surface area contributed by atoms with Crippen molar-refractivity contribution < 1.29 is 39.4 Å². The minimum Gasteiger partial charge on any atom is -0.458 e. The van der Waals surface area contributed by atoms with Gasteiger partial charge in [-0.1, -0.05) is 6.92 Å². The lowest BCUT2D eigenvalue weighted by Crippen LogP contribution is -2.69. The Kier molecular flexibility index (Phi) is 8.02. The first-order chi connectivity index (χ1) is 21.5. The van der Waals surface area contributed by atoms with Crippen molar-refractivity contribution in [2.45, 2.75) is 127 Å². The second kappa shape index (κ2) is 11.5. The zero-order valence-corrected chi connectivity index (χ0v) is 26.4. The molecular formula is C35H48N2O8. The maximum atomic E-state index is 12.7. The number of hydrogen-bond acceptors (Lipinski definition) is 10. The van der Waals surface area contributed by atoms with Crippen molar-refractivity contribution in [3.63, 3.8) is 0 Å². The third kappa shape index (κ3) is 5.02. The first-order valence-corrected chi connectivity index (χ1v) is 16.9. The molecule has 4 aliphatic carbocycles. The molecule has 1 aromatic rings. The summed E-state index contributed by atoms with van der Waals surface area (Å²) in [6.45, 7) is 4.73. The molecule has 1 aromatic heterocycles. The van der Waals surface area contributed by atoms with Gasteiger partial charge < -0.3 is 34.6 Å². The fourth-order valence-electron chi connectivity index (χ4n) is 10.6. The molecule has 4 N–H and O–H groups in total. The van der Waals surface area contributed by atoms with Crippen LogP contribution in [0.25, 0.3) is 0 Å². The molecule has 7 rings (SSSR count). The molecule has 45 heavy (non-hydrogen) atoms. The number of ether oxygens (including phenoxy) is 3. The lowest BCUT2D eigenvalue weighted by Gasteiger charge is -2.66. The summed E-state index contributed by atoms with van der Waals surface area (Å²) in [6, 6.07) is 3.90. The number of rotatable bonds is 6. The molecule has 5 fully saturated rings. The largest absolute Gasteiger partial charge is 0.458 e. The maximum Gasteiger partial charge on any atom is 0.331 e. The quantitative estimate of drug-likeness (QED) is 0.212. The number of esters is 1. The normalized spacial score (nSPS) is 48.0. The van der Waals surface area contributed by atoms with E-state index in [-0.39, 0.29) is 41.7 Å². The second-order valence-corrected chi connectivity index (χ2v) is 15.0. The van der Waals surface area contributed by atoms with E-state index < -0.39 is 41.2 Å². The smallest absolute Gasteiger partial charge is 0.331 e. The van der Waals surface area contributed by atoms with Crippen LogP contribution in [0.3, 0.4) is 0 Å². The Hall–Kier alpha value is -2.21. The minimum atomic E-state index is -1.09. The van der Waals surface area contributed by atoms with E-state index in [2.05, 4.69) is 11.9 Å². The first-order valence-electron chi connectivity index (χ1n) is 16.9. The van der Waals surface area contributed by atoms with Gasteiger partial charge in [-0.15, -0.1) is 0 Å². The van der Waals surface area contributed by atoms with Crippen LogP contribution in [0.15, 0.2) is 41.2 Å². The van der Waals surface area contributed by atoms with Gasteiger partial charge in [0.25, 0.3) is 0 Å². The molecule has 10 nitrogen and oxygen atoms in total. The van der Waals surface area contributed by atoms with Crippen molar-refractivity contribution in [3.05, 3.63) is 41.7 Å². The monoisotopic (exact) mass is 624 g/mol. The summed E-state index contributed by atoms with van der Waals surface area (Å²) >= 11 is 0. The molecule has 0 aromatic carbocycles. The Morgan fingerprint density at radius 3 is 2.58 bits per heavy atom. The Balaban J connectivity index is 1.17. The summed E-state index contributed by atoms with van der Waals surface area (Å²) in [4.78, 5) is 21.1. The van der Waals surface area contributed by atoms with E-state index >= 15 is 0 Å². The summed E-state index contributed by atoms with van der Waals surface area (Å²) in [5, 5.41) is 45.9. The van der Waals surface area contributed by atoms with E-state index in [9.17, 15) is 25.2 Å². The average molecular weight is 625 g/mol. The van der Waals surface area contributed by atoms with E-state index in [1.807, 2.05) is 18.3 Å². The fourth-order valence-corrected chi connectivity index (χ4v) is 10.6. The summed E-state index contributed by atoms with van der Waals surface area (Å²) in [5.41, 5.74) is -0.971. The van der Waals surface area contributed by atoms with Crippen molar-refractivity contribution in [3.8, 4) is 0 Å². The van der Waals surface area contributed by atoms with Gasteiger partial charge >= 0.3 is 5.97 Å². The van der Waals surface area contributed by atoms with E-state index in [1.165, 1.54) is 0 Å². The summed E-state index contributed by atoms with van der Waals surface area (Å²) < 4.78 is 17.5. The number of aliphatic imine (C=N–C) groups is 1. The average Bonchev–Trinajstić information content (AvgIpc) is 3.56. The van der Waals surface area contributed by atoms with Crippen LogP contribution in [-0.2, 0) is 25.5 Å². The molecular weight excluding hydrogens is 576 g/mol. The van der Waals surface area contributed by atoms with Gasteiger partial charge in [0.15, 0.2) is 6.29 Å². The molecule has 0 amide bonds. The van der Waals surface area contributed by atoms with Crippen LogP contribution >= 0.6 is 0 Å². The van der Waals surface area contributed by atoms with E-state index in [0.717, 1.165) is 30.4 Å². The fraction of sp³-hybridized carbons (Fsp3) is 0.743. The molecule has 0 bridgehead atoms. The molecule has 246 valence electrons. The predicted molar refractivity (Wildman–Crippen MR) is 164 cm³/mol. The number of aromatic nitrogens is 1. The highest BCUT2D eigenvalue weighted by atomic mass is 16.7. The molecule has 0 spiro atoms. The maximum absolute atomic E-state index is 12.7. The zero-order chi connectivity index (χ0) is 31.6. The van der Waals surface area contributed by atoms with Crippen molar-refractivity contribution in [2.75, 3.05) is 6.61 Å². The molecule has 6 aliphatic rings. The number of carbonyl (C=O) groups excluding carboxylic acids is 1. The van der Waals surface area contributed by atoms with Crippen LogP contribution in [0.4, 0.5) is 0 Å². The Morgan fingerprint density at radius 1 is 1.07 bits per heavy atom. The van der Waals surface area contributed by atoms with Crippen molar-refractivity contribution >= 4 is 12.2 Å². The van der Waals surface area contributed by atoms with Crippen LogP contribution in [0.1, 0.15) is 83.6 Å². The molecule has 2 aliphatic heterocycles. The van der Waals surface area contributed by atoms with Crippen molar-refractivity contribution in [1.82, 2.24) is 4.98 Å². The number of cyclic esters (lactones) is 1. The number of pyridine rings is 1. The Morgan fingerprint density at radius 2 is 1.84 bits per heavy atom. The standard InChI is InChI=1S/C35H48N2O8/c1-21-31(40)28(38)16-30(44-21)45-24-3-10-33(20-37-18-22-7-13-36-14-8-22)26-4-9-32(2)25(23-15-29(39)43-19-23)6-12-35(32,42)27(26)5-11-34(33,41)17-24/h7-8,13-15,20-21,24-28,30-31,38,40-42H,3-6,9-12,16-19H2,1-2H3/t21-,24-,25-,26-,27-,28-,30+,31-,32+,33-,34+,35+/m1/s1. The molecule has 10 heteroatoms. The summed E-state index contributed by atoms with van der Waals surface area (Å²) in [7, 11) is 0. The molecule has 0 unspecified atom stereocenters. The van der Waals surface area contributed by atoms with Crippen molar-refractivity contribution in [2.24, 2.45) is 33.6 Å². The highest BCUT2D eigenvalue weighted by Crippen LogP contribution is 2.70. The Bertz CT molecular complexity index is 1330. The van der Waals surface area contributed by atoms with Crippen LogP contribution in [-0.4, -0.2) is 86.1 Å². The summed E-state index contributed by atoms with van der Waals surface area (Å²) in [6.07, 6.45) is 10.2. The summed E-state index contributed by atoms with van der Waals surface area (Å²) in [5.74, 6) is -0.164.